The van der Waals surface area contributed by atoms with Crippen LogP contribution in [-0.4, -0.2) is 23.8 Å². The van der Waals surface area contributed by atoms with Crippen molar-refractivity contribution in [3.63, 3.8) is 0 Å². The van der Waals surface area contributed by atoms with Crippen LogP contribution in [0, 0.1) is 0 Å². The van der Waals surface area contributed by atoms with Gasteiger partial charge in [0.2, 0.25) is 0 Å². The van der Waals surface area contributed by atoms with Gasteiger partial charge in [0.1, 0.15) is 6.10 Å². The van der Waals surface area contributed by atoms with Crippen LogP contribution in [0.5, 0.6) is 0 Å². The summed E-state index contributed by atoms with van der Waals surface area (Å²) < 4.78 is 4.75. The number of cyclic esters (lactones) is 1. The Bertz CT molecular complexity index is 112. The van der Waals surface area contributed by atoms with Gasteiger partial charge < -0.3 is 9.84 Å². The number of carbonyl (C=O) groups is 1. The molecule has 1 atom stereocenters. The molecule has 0 aromatic rings. The van der Waals surface area contributed by atoms with Gasteiger partial charge >= 0.3 is 5.97 Å². The largest absolute Gasteiger partial charge is 0.460 e. The molecule has 1 aliphatic rings. The highest BCUT2D eigenvalue weighted by Gasteiger charge is 2.18. The fourth-order valence-electron chi connectivity index (χ4n) is 0.906. The second kappa shape index (κ2) is 6.16. The summed E-state index contributed by atoms with van der Waals surface area (Å²) in [5.74, 6) is -0.180. The SMILES string of the molecule is CC.O=C1CCCC(CO)O1. The molecule has 66 valence electrons. The molecule has 0 bridgehead atoms. The number of aliphatic hydroxyl groups is 1. The fraction of sp³-hybridized carbons (Fsp3) is 0.875. The topological polar surface area (TPSA) is 46.5 Å². The van der Waals surface area contributed by atoms with E-state index in [1.807, 2.05) is 13.8 Å². The predicted octanol–water partition coefficient (Wildman–Crippen LogP) is 1.10. The normalized spacial score (nSPS) is 23.2. The average Bonchev–Trinajstić information content (AvgIpc) is 2.08. The van der Waals surface area contributed by atoms with E-state index in [1.165, 1.54) is 0 Å². The predicted molar refractivity (Wildman–Crippen MR) is 42.2 cm³/mol. The van der Waals surface area contributed by atoms with E-state index in [9.17, 15) is 4.79 Å². The van der Waals surface area contributed by atoms with Crippen LogP contribution in [0.15, 0.2) is 0 Å². The van der Waals surface area contributed by atoms with Crippen LogP contribution in [0.3, 0.4) is 0 Å². The molecule has 3 nitrogen and oxygen atoms in total. The van der Waals surface area contributed by atoms with E-state index in [4.69, 9.17) is 9.84 Å². The Balaban J connectivity index is 0.000000461. The van der Waals surface area contributed by atoms with Crippen LogP contribution >= 0.6 is 0 Å². The number of esters is 1. The standard InChI is InChI=1S/C6H10O3.C2H6/c7-4-5-2-1-3-6(8)9-5;1-2/h5,7H,1-4H2;1-2H3. The minimum absolute atomic E-state index is 0.0360. The van der Waals surface area contributed by atoms with Gasteiger partial charge in [0, 0.05) is 6.42 Å². The monoisotopic (exact) mass is 160 g/mol. The van der Waals surface area contributed by atoms with E-state index in [2.05, 4.69) is 0 Å². The van der Waals surface area contributed by atoms with Gasteiger partial charge in [-0.2, -0.15) is 0 Å². The maximum atomic E-state index is 10.5. The van der Waals surface area contributed by atoms with Crippen LogP contribution in [-0.2, 0) is 9.53 Å². The third-order valence-electron chi connectivity index (χ3n) is 1.41. The summed E-state index contributed by atoms with van der Waals surface area (Å²) in [5.41, 5.74) is 0. The highest BCUT2D eigenvalue weighted by atomic mass is 16.6. The Kier molecular flexibility index (Phi) is 5.84. The lowest BCUT2D eigenvalue weighted by atomic mass is 10.1. The van der Waals surface area contributed by atoms with E-state index < -0.39 is 0 Å². The minimum Gasteiger partial charge on any atom is -0.460 e. The second-order valence-corrected chi connectivity index (χ2v) is 2.19. The molecule has 1 N–H and O–H groups in total. The van der Waals surface area contributed by atoms with E-state index >= 15 is 0 Å². The van der Waals surface area contributed by atoms with Crippen molar-refractivity contribution in [1.29, 1.82) is 0 Å². The summed E-state index contributed by atoms with van der Waals surface area (Å²) in [5, 5.41) is 8.53. The van der Waals surface area contributed by atoms with Crippen molar-refractivity contribution in [2.75, 3.05) is 6.61 Å². The van der Waals surface area contributed by atoms with E-state index in [1.54, 1.807) is 0 Å². The molecule has 1 fully saturated rings. The first kappa shape index (κ1) is 10.4. The molecule has 0 aromatic carbocycles. The second-order valence-electron chi connectivity index (χ2n) is 2.19. The lowest BCUT2D eigenvalue weighted by Crippen LogP contribution is -2.26. The molecule has 0 aliphatic carbocycles. The van der Waals surface area contributed by atoms with Gasteiger partial charge in [-0.1, -0.05) is 13.8 Å². The zero-order chi connectivity index (χ0) is 8.69. The molecular weight excluding hydrogens is 144 g/mol. The van der Waals surface area contributed by atoms with Gasteiger partial charge in [-0.15, -0.1) is 0 Å². The molecule has 1 aliphatic heterocycles. The van der Waals surface area contributed by atoms with Gasteiger partial charge in [0.25, 0.3) is 0 Å². The first-order chi connectivity index (χ1) is 5.33. The summed E-state index contributed by atoms with van der Waals surface area (Å²) in [4.78, 5) is 10.5. The fourth-order valence-corrected chi connectivity index (χ4v) is 0.906. The highest BCUT2D eigenvalue weighted by molar-refractivity contribution is 5.70. The first-order valence-electron chi connectivity index (χ1n) is 4.13. The van der Waals surface area contributed by atoms with Gasteiger partial charge in [-0.3, -0.25) is 4.79 Å². The van der Waals surface area contributed by atoms with E-state index in [-0.39, 0.29) is 18.7 Å². The molecule has 1 heterocycles. The molecule has 1 unspecified atom stereocenters. The summed E-state index contributed by atoms with van der Waals surface area (Å²) in [7, 11) is 0. The first-order valence-corrected chi connectivity index (χ1v) is 4.13. The lowest BCUT2D eigenvalue weighted by molar-refractivity contribution is -0.155. The summed E-state index contributed by atoms with van der Waals surface area (Å²) in [6.07, 6.45) is 1.94. The highest BCUT2D eigenvalue weighted by Crippen LogP contribution is 2.12. The third kappa shape index (κ3) is 3.98. The summed E-state index contributed by atoms with van der Waals surface area (Å²) in [6.45, 7) is 3.96. The van der Waals surface area contributed by atoms with Crippen LogP contribution in [0.2, 0.25) is 0 Å². The van der Waals surface area contributed by atoms with Gasteiger partial charge in [-0.25, -0.2) is 0 Å². The van der Waals surface area contributed by atoms with E-state index in [0.717, 1.165) is 12.8 Å². The molecule has 1 rings (SSSR count). The van der Waals surface area contributed by atoms with Gasteiger partial charge in [0.05, 0.1) is 6.61 Å². The molecule has 0 saturated carbocycles. The molecule has 0 spiro atoms. The van der Waals surface area contributed by atoms with Crippen molar-refractivity contribution in [2.24, 2.45) is 0 Å². The quantitative estimate of drug-likeness (QED) is 0.584. The van der Waals surface area contributed by atoms with Crippen LogP contribution in [0.25, 0.3) is 0 Å². The van der Waals surface area contributed by atoms with Crippen molar-refractivity contribution in [2.45, 2.75) is 39.2 Å². The van der Waals surface area contributed by atoms with Crippen LogP contribution < -0.4 is 0 Å². The zero-order valence-electron chi connectivity index (χ0n) is 7.17. The van der Waals surface area contributed by atoms with Crippen molar-refractivity contribution >= 4 is 5.97 Å². The Morgan fingerprint density at radius 3 is 2.64 bits per heavy atom. The van der Waals surface area contributed by atoms with Crippen molar-refractivity contribution in [1.82, 2.24) is 0 Å². The van der Waals surface area contributed by atoms with Crippen LogP contribution in [0.4, 0.5) is 0 Å². The average molecular weight is 160 g/mol. The lowest BCUT2D eigenvalue weighted by Gasteiger charge is -2.19. The summed E-state index contributed by atoms with van der Waals surface area (Å²) >= 11 is 0. The third-order valence-corrected chi connectivity index (χ3v) is 1.41. The number of carbonyl (C=O) groups excluding carboxylic acids is 1. The molecule has 0 amide bonds. The van der Waals surface area contributed by atoms with Gasteiger partial charge in [-0.05, 0) is 12.8 Å². The Morgan fingerprint density at radius 1 is 1.64 bits per heavy atom. The van der Waals surface area contributed by atoms with Crippen molar-refractivity contribution in [3.05, 3.63) is 0 Å². The van der Waals surface area contributed by atoms with E-state index in [0.29, 0.717) is 6.42 Å². The number of rotatable bonds is 1. The minimum atomic E-state index is -0.230. The number of hydrogen-bond acceptors (Lipinski definition) is 3. The number of ether oxygens (including phenoxy) is 1. The Hall–Kier alpha value is -0.570. The Labute approximate surface area is 67.4 Å². The Morgan fingerprint density at radius 2 is 2.27 bits per heavy atom. The molecule has 1 saturated heterocycles. The number of hydrogen-bond donors (Lipinski definition) is 1. The summed E-state index contributed by atoms with van der Waals surface area (Å²) in [6, 6.07) is 0. The maximum Gasteiger partial charge on any atom is 0.306 e. The smallest absolute Gasteiger partial charge is 0.306 e. The molecular formula is C8H16O3. The molecule has 0 radical (unpaired) electrons. The van der Waals surface area contributed by atoms with Crippen molar-refractivity contribution < 1.29 is 14.6 Å². The van der Waals surface area contributed by atoms with Crippen LogP contribution in [0.1, 0.15) is 33.1 Å². The zero-order valence-corrected chi connectivity index (χ0v) is 7.17. The number of aliphatic hydroxyl groups excluding tert-OH is 1. The molecule has 3 heteroatoms. The van der Waals surface area contributed by atoms with Crippen molar-refractivity contribution in [3.8, 4) is 0 Å². The van der Waals surface area contributed by atoms with Gasteiger partial charge in [0.15, 0.2) is 0 Å². The molecule has 11 heavy (non-hydrogen) atoms. The maximum absolute atomic E-state index is 10.5. The molecule has 0 aromatic heterocycles.